The number of halogens is 1. The molecule has 2 heterocycles. The Balaban J connectivity index is 1.60. The normalized spacial score (nSPS) is 16.2. The fraction of sp³-hybridized carbons (Fsp3) is 0.118. The molecule has 122 valence electrons. The van der Waals surface area contributed by atoms with Gasteiger partial charge in [0.2, 0.25) is 0 Å². The van der Waals surface area contributed by atoms with E-state index in [1.807, 2.05) is 42.5 Å². The molecule has 0 saturated carbocycles. The van der Waals surface area contributed by atoms with Crippen LogP contribution in [0.3, 0.4) is 0 Å². The predicted molar refractivity (Wildman–Crippen MR) is 106 cm³/mol. The SMILES string of the molecule is O=C1/C(=C/c2ccccn2)SC(=S)N1CCSc1ccc(Cl)cc1. The Labute approximate surface area is 159 Å². The molecule has 3 nitrogen and oxygen atoms in total. The van der Waals surface area contributed by atoms with Crippen LogP contribution in [0.1, 0.15) is 5.69 Å². The van der Waals surface area contributed by atoms with E-state index in [9.17, 15) is 4.79 Å². The van der Waals surface area contributed by atoms with Crippen molar-refractivity contribution in [1.82, 2.24) is 9.88 Å². The average Bonchev–Trinajstić information content (AvgIpc) is 2.85. The van der Waals surface area contributed by atoms with E-state index >= 15 is 0 Å². The highest BCUT2D eigenvalue weighted by atomic mass is 35.5. The molecule has 0 spiro atoms. The second-order valence-corrected chi connectivity index (χ2v) is 8.17. The first-order valence-corrected chi connectivity index (χ1v) is 9.77. The number of pyridine rings is 1. The molecule has 7 heteroatoms. The number of thiocarbonyl (C=S) groups is 1. The molecular weight excluding hydrogens is 380 g/mol. The highest BCUT2D eigenvalue weighted by Crippen LogP contribution is 2.32. The lowest BCUT2D eigenvalue weighted by molar-refractivity contribution is -0.121. The smallest absolute Gasteiger partial charge is 0.266 e. The third kappa shape index (κ3) is 4.39. The number of carbonyl (C=O) groups is 1. The van der Waals surface area contributed by atoms with Gasteiger partial charge in [-0.15, -0.1) is 11.8 Å². The van der Waals surface area contributed by atoms with Crippen LogP contribution in [-0.2, 0) is 4.79 Å². The van der Waals surface area contributed by atoms with Crippen LogP contribution in [0.25, 0.3) is 6.08 Å². The molecular formula is C17H13ClN2OS3. The Morgan fingerprint density at radius 2 is 2.04 bits per heavy atom. The summed E-state index contributed by atoms with van der Waals surface area (Å²) in [6.45, 7) is 0.581. The maximum Gasteiger partial charge on any atom is 0.266 e. The van der Waals surface area contributed by atoms with E-state index in [1.54, 1.807) is 28.9 Å². The van der Waals surface area contributed by atoms with Crippen molar-refractivity contribution in [3.05, 3.63) is 64.3 Å². The largest absolute Gasteiger partial charge is 0.292 e. The fourth-order valence-electron chi connectivity index (χ4n) is 2.07. The van der Waals surface area contributed by atoms with E-state index in [0.29, 0.717) is 15.8 Å². The Morgan fingerprint density at radius 1 is 1.25 bits per heavy atom. The van der Waals surface area contributed by atoms with Gasteiger partial charge in [0.15, 0.2) is 0 Å². The molecule has 24 heavy (non-hydrogen) atoms. The van der Waals surface area contributed by atoms with Crippen LogP contribution in [0.4, 0.5) is 0 Å². The number of benzene rings is 1. The van der Waals surface area contributed by atoms with Crippen LogP contribution >= 0.6 is 47.3 Å². The van der Waals surface area contributed by atoms with Gasteiger partial charge in [0, 0.05) is 28.4 Å². The molecule has 0 bridgehead atoms. The van der Waals surface area contributed by atoms with Crippen molar-refractivity contribution in [2.75, 3.05) is 12.3 Å². The summed E-state index contributed by atoms with van der Waals surface area (Å²) in [5.74, 6) is 0.720. The van der Waals surface area contributed by atoms with Gasteiger partial charge in [-0.3, -0.25) is 14.7 Å². The van der Waals surface area contributed by atoms with Crippen LogP contribution in [0.2, 0.25) is 5.02 Å². The average molecular weight is 393 g/mol. The maximum atomic E-state index is 12.5. The minimum Gasteiger partial charge on any atom is -0.292 e. The minimum absolute atomic E-state index is 0.0487. The summed E-state index contributed by atoms with van der Waals surface area (Å²) in [6.07, 6.45) is 3.49. The number of amides is 1. The van der Waals surface area contributed by atoms with Gasteiger partial charge in [0.05, 0.1) is 10.6 Å². The number of rotatable bonds is 5. The van der Waals surface area contributed by atoms with Crippen molar-refractivity contribution in [3.63, 3.8) is 0 Å². The third-order valence-corrected chi connectivity index (χ3v) is 5.86. The van der Waals surface area contributed by atoms with Crippen LogP contribution in [0.15, 0.2) is 58.5 Å². The molecule has 0 aliphatic carbocycles. The first kappa shape index (κ1) is 17.5. The molecule has 0 unspecified atom stereocenters. The summed E-state index contributed by atoms with van der Waals surface area (Å²) >= 11 is 14.2. The topological polar surface area (TPSA) is 33.2 Å². The summed E-state index contributed by atoms with van der Waals surface area (Å²) in [5, 5.41) is 0.718. The molecule has 1 aliphatic heterocycles. The molecule has 0 N–H and O–H groups in total. The summed E-state index contributed by atoms with van der Waals surface area (Å²) in [5.41, 5.74) is 0.758. The quantitative estimate of drug-likeness (QED) is 0.417. The van der Waals surface area contributed by atoms with Crippen molar-refractivity contribution < 1.29 is 4.79 Å². The summed E-state index contributed by atoms with van der Waals surface area (Å²) in [7, 11) is 0. The van der Waals surface area contributed by atoms with Gasteiger partial charge >= 0.3 is 0 Å². The van der Waals surface area contributed by atoms with E-state index in [1.165, 1.54) is 11.8 Å². The van der Waals surface area contributed by atoms with Gasteiger partial charge in [0.25, 0.3) is 5.91 Å². The number of aromatic nitrogens is 1. The van der Waals surface area contributed by atoms with Crippen molar-refractivity contribution in [2.45, 2.75) is 4.90 Å². The molecule has 0 radical (unpaired) electrons. The van der Waals surface area contributed by atoms with Crippen LogP contribution < -0.4 is 0 Å². The molecule has 2 aromatic rings. The van der Waals surface area contributed by atoms with Crippen LogP contribution in [-0.4, -0.2) is 32.4 Å². The Kier molecular flexibility index (Phi) is 5.94. The molecule has 1 amide bonds. The standard InChI is InChI=1S/C17H13ClN2OS3/c18-12-4-6-14(7-5-12)23-10-9-20-16(21)15(24-17(20)22)11-13-3-1-2-8-19-13/h1-8,11H,9-10H2/b15-11-. The number of carbonyl (C=O) groups excluding carboxylic acids is 1. The zero-order valence-corrected chi connectivity index (χ0v) is 15.7. The van der Waals surface area contributed by atoms with Gasteiger partial charge in [-0.2, -0.15) is 0 Å². The fourth-order valence-corrected chi connectivity index (χ4v) is 4.33. The molecule has 0 atom stereocenters. The monoisotopic (exact) mass is 392 g/mol. The van der Waals surface area contributed by atoms with Crippen LogP contribution in [0.5, 0.6) is 0 Å². The Morgan fingerprint density at radius 3 is 2.75 bits per heavy atom. The molecule has 1 saturated heterocycles. The second kappa shape index (κ2) is 8.16. The molecule has 1 aromatic heterocycles. The number of hydrogen-bond donors (Lipinski definition) is 0. The van der Waals surface area contributed by atoms with Crippen molar-refractivity contribution in [3.8, 4) is 0 Å². The first-order valence-electron chi connectivity index (χ1n) is 7.18. The van der Waals surface area contributed by atoms with Gasteiger partial charge in [-0.1, -0.05) is 41.6 Å². The number of nitrogens with zero attached hydrogens (tertiary/aromatic N) is 2. The minimum atomic E-state index is -0.0487. The zero-order valence-electron chi connectivity index (χ0n) is 12.5. The highest BCUT2D eigenvalue weighted by molar-refractivity contribution is 8.26. The summed E-state index contributed by atoms with van der Waals surface area (Å²) in [6, 6.07) is 13.3. The summed E-state index contributed by atoms with van der Waals surface area (Å²) in [4.78, 5) is 20.1. The molecule has 1 fully saturated rings. The Bertz CT molecular complexity index is 778. The maximum absolute atomic E-state index is 12.5. The van der Waals surface area contributed by atoms with Gasteiger partial charge in [-0.25, -0.2) is 0 Å². The predicted octanol–water partition coefficient (Wildman–Crippen LogP) is 4.73. The lowest BCUT2D eigenvalue weighted by atomic mass is 10.3. The molecule has 1 aromatic carbocycles. The zero-order chi connectivity index (χ0) is 16.9. The van der Waals surface area contributed by atoms with E-state index in [0.717, 1.165) is 21.4 Å². The number of hydrogen-bond acceptors (Lipinski definition) is 5. The highest BCUT2D eigenvalue weighted by Gasteiger charge is 2.31. The van der Waals surface area contributed by atoms with E-state index in [4.69, 9.17) is 23.8 Å². The van der Waals surface area contributed by atoms with Crippen LogP contribution in [0, 0.1) is 0 Å². The Hall–Kier alpha value is -1.34. The summed E-state index contributed by atoms with van der Waals surface area (Å²) < 4.78 is 0.596. The third-order valence-electron chi connectivity index (χ3n) is 3.24. The van der Waals surface area contributed by atoms with Gasteiger partial charge in [-0.05, 0) is 42.5 Å². The van der Waals surface area contributed by atoms with E-state index < -0.39 is 0 Å². The van der Waals surface area contributed by atoms with Crippen molar-refractivity contribution in [1.29, 1.82) is 0 Å². The lowest BCUT2D eigenvalue weighted by Gasteiger charge is -2.13. The van der Waals surface area contributed by atoms with Crippen molar-refractivity contribution >= 4 is 63.6 Å². The first-order chi connectivity index (χ1) is 11.6. The van der Waals surface area contributed by atoms with Crippen molar-refractivity contribution in [2.24, 2.45) is 0 Å². The van der Waals surface area contributed by atoms with E-state index in [-0.39, 0.29) is 5.91 Å². The van der Waals surface area contributed by atoms with E-state index in [2.05, 4.69) is 4.98 Å². The molecule has 1 aliphatic rings. The molecule has 3 rings (SSSR count). The van der Waals surface area contributed by atoms with Gasteiger partial charge in [0.1, 0.15) is 4.32 Å². The van der Waals surface area contributed by atoms with Gasteiger partial charge < -0.3 is 0 Å². The number of thioether (sulfide) groups is 2. The lowest BCUT2D eigenvalue weighted by Crippen LogP contribution is -2.30. The second-order valence-electron chi connectivity index (χ2n) is 4.89.